The zero-order valence-corrected chi connectivity index (χ0v) is 20.6. The molecule has 2 aromatic heterocycles. The summed E-state index contributed by atoms with van der Waals surface area (Å²) in [7, 11) is 0. The van der Waals surface area contributed by atoms with Gasteiger partial charge >= 0.3 is 0 Å². The molecule has 0 spiro atoms. The van der Waals surface area contributed by atoms with Gasteiger partial charge in [-0.15, -0.1) is 0 Å². The van der Waals surface area contributed by atoms with Crippen molar-refractivity contribution >= 4 is 23.0 Å². The number of carbonyl (C=O) groups is 1. The normalized spacial score (nSPS) is 11.2. The van der Waals surface area contributed by atoms with Crippen molar-refractivity contribution in [2.75, 3.05) is 19.6 Å². The molecular weight excluding hydrogens is 462 g/mol. The third kappa shape index (κ3) is 5.81. The Labute approximate surface area is 209 Å². The molecule has 2 N–H and O–H groups in total. The summed E-state index contributed by atoms with van der Waals surface area (Å²) in [5.41, 5.74) is 8.80. The van der Waals surface area contributed by atoms with Crippen LogP contribution in [0.5, 0.6) is 0 Å². The number of hydrogen-bond donors (Lipinski definition) is 1. The molecule has 35 heavy (non-hydrogen) atoms. The second kappa shape index (κ2) is 11.3. The Bertz CT molecular complexity index is 1350. The highest BCUT2D eigenvalue weighted by Crippen LogP contribution is 2.14. The largest absolute Gasteiger partial charge is 0.339 e. The van der Waals surface area contributed by atoms with Gasteiger partial charge in [-0.3, -0.25) is 14.2 Å². The number of nitrogens with two attached hydrogens (primary N) is 1. The van der Waals surface area contributed by atoms with Crippen molar-refractivity contribution in [1.29, 1.82) is 0 Å². The molecule has 0 saturated heterocycles. The van der Waals surface area contributed by atoms with E-state index in [4.69, 9.17) is 17.3 Å². The second-order valence-electron chi connectivity index (χ2n) is 8.65. The van der Waals surface area contributed by atoms with Gasteiger partial charge < -0.3 is 10.6 Å². The number of nitrogens with zero attached hydrogens (tertiary/aromatic N) is 4. The summed E-state index contributed by atoms with van der Waals surface area (Å²) in [6.07, 6.45) is 1.89. The zero-order chi connectivity index (χ0) is 24.8. The van der Waals surface area contributed by atoms with Crippen LogP contribution in [0.2, 0.25) is 5.15 Å². The van der Waals surface area contributed by atoms with E-state index in [1.54, 1.807) is 16.7 Å². The number of amides is 1. The predicted molar refractivity (Wildman–Crippen MR) is 139 cm³/mol. The Hall–Kier alpha value is -3.42. The summed E-state index contributed by atoms with van der Waals surface area (Å²) in [5.74, 6) is 0.614. The molecule has 0 saturated carbocycles. The minimum Gasteiger partial charge on any atom is -0.339 e. The van der Waals surface area contributed by atoms with E-state index in [1.807, 2.05) is 66.4 Å². The lowest BCUT2D eigenvalue weighted by Crippen LogP contribution is -2.34. The smallest absolute Gasteiger partial charge is 0.278 e. The summed E-state index contributed by atoms with van der Waals surface area (Å²) in [5, 5.41) is 5.08. The van der Waals surface area contributed by atoms with E-state index in [0.29, 0.717) is 61.1 Å². The van der Waals surface area contributed by atoms with Crippen LogP contribution in [0.3, 0.4) is 0 Å². The van der Waals surface area contributed by atoms with Crippen molar-refractivity contribution in [2.45, 2.75) is 32.7 Å². The first kappa shape index (κ1) is 24.7. The third-order valence-electron chi connectivity index (χ3n) is 6.03. The molecule has 2 heterocycles. The van der Waals surface area contributed by atoms with Gasteiger partial charge in [-0.05, 0) is 56.1 Å². The number of halogens is 1. The number of aromatic nitrogens is 3. The minimum atomic E-state index is -0.138. The molecule has 1 amide bonds. The molecule has 0 bridgehead atoms. The number of carbonyl (C=O) groups excluding carboxylic acids is 1. The lowest BCUT2D eigenvalue weighted by atomic mass is 10.1. The van der Waals surface area contributed by atoms with Crippen LogP contribution in [0, 0.1) is 6.92 Å². The van der Waals surface area contributed by atoms with Crippen LogP contribution < -0.4 is 11.3 Å². The van der Waals surface area contributed by atoms with Gasteiger partial charge in [0, 0.05) is 25.1 Å². The fraction of sp³-hybridized carbons (Fsp3) is 0.296. The molecule has 0 aliphatic heterocycles. The monoisotopic (exact) mass is 491 g/mol. The summed E-state index contributed by atoms with van der Waals surface area (Å²) in [4.78, 5) is 28.3. The molecule has 8 heteroatoms. The van der Waals surface area contributed by atoms with E-state index in [2.05, 4.69) is 5.10 Å². The predicted octanol–water partition coefficient (Wildman–Crippen LogP) is 3.93. The molecule has 0 aliphatic carbocycles. The molecule has 4 rings (SSSR count). The first-order chi connectivity index (χ1) is 17.0. The van der Waals surface area contributed by atoms with Crippen LogP contribution in [0.4, 0.5) is 0 Å². The third-order valence-corrected chi connectivity index (χ3v) is 6.32. The number of hydrogen-bond acceptors (Lipinski definition) is 4. The second-order valence-corrected chi connectivity index (χ2v) is 9.04. The highest BCUT2D eigenvalue weighted by Gasteiger charge is 2.17. The van der Waals surface area contributed by atoms with E-state index in [0.717, 1.165) is 17.5 Å². The van der Waals surface area contributed by atoms with Crippen molar-refractivity contribution in [3.8, 4) is 0 Å². The summed E-state index contributed by atoms with van der Waals surface area (Å²) in [6, 6.07) is 20.8. The van der Waals surface area contributed by atoms with Crippen molar-refractivity contribution in [3.05, 3.63) is 105 Å². The van der Waals surface area contributed by atoms with Gasteiger partial charge in [-0.25, -0.2) is 4.52 Å². The maximum Gasteiger partial charge on any atom is 0.278 e. The van der Waals surface area contributed by atoms with E-state index >= 15 is 0 Å². The molecule has 0 radical (unpaired) electrons. The lowest BCUT2D eigenvalue weighted by molar-refractivity contribution is 0.0752. The van der Waals surface area contributed by atoms with E-state index in [9.17, 15) is 9.59 Å². The van der Waals surface area contributed by atoms with E-state index in [-0.39, 0.29) is 11.5 Å². The number of fused-ring (bicyclic) bond motifs is 1. The fourth-order valence-corrected chi connectivity index (χ4v) is 4.30. The minimum absolute atomic E-state index is 0.0167. The van der Waals surface area contributed by atoms with E-state index < -0.39 is 0 Å². The van der Waals surface area contributed by atoms with Crippen molar-refractivity contribution in [2.24, 2.45) is 5.73 Å². The number of rotatable bonds is 10. The van der Waals surface area contributed by atoms with Crippen LogP contribution in [-0.4, -0.2) is 44.6 Å². The first-order valence-electron chi connectivity index (χ1n) is 11.8. The van der Waals surface area contributed by atoms with Gasteiger partial charge in [0.1, 0.15) is 16.5 Å². The molecule has 0 fully saturated rings. The van der Waals surface area contributed by atoms with Crippen molar-refractivity contribution in [1.82, 2.24) is 19.1 Å². The highest BCUT2D eigenvalue weighted by molar-refractivity contribution is 6.29. The summed E-state index contributed by atoms with van der Waals surface area (Å²) >= 11 is 6.28. The SMILES string of the molecule is Cc1ccc(C(=O)N(CCCN)CCCc2nn3c(Cl)ccc3c(=O)n2Cc2ccccc2)cc1. The zero-order valence-electron chi connectivity index (χ0n) is 19.9. The number of aryl methyl sites for hydroxylation is 2. The molecule has 0 aliphatic rings. The van der Waals surface area contributed by atoms with Gasteiger partial charge in [-0.2, -0.15) is 5.10 Å². The first-order valence-corrected chi connectivity index (χ1v) is 12.2. The molecule has 0 atom stereocenters. The maximum absolute atomic E-state index is 13.3. The number of benzene rings is 2. The molecule has 4 aromatic rings. The van der Waals surface area contributed by atoms with Crippen LogP contribution in [-0.2, 0) is 13.0 Å². The molecular formula is C27H30ClN5O2. The van der Waals surface area contributed by atoms with Crippen molar-refractivity contribution < 1.29 is 4.79 Å². The topological polar surface area (TPSA) is 85.6 Å². The molecule has 7 nitrogen and oxygen atoms in total. The van der Waals surface area contributed by atoms with Crippen LogP contribution in [0.25, 0.3) is 5.52 Å². The highest BCUT2D eigenvalue weighted by atomic mass is 35.5. The Balaban J connectivity index is 1.57. The van der Waals surface area contributed by atoms with Crippen molar-refractivity contribution in [3.63, 3.8) is 0 Å². The maximum atomic E-state index is 13.3. The van der Waals surface area contributed by atoms with Gasteiger partial charge in [-0.1, -0.05) is 59.6 Å². The molecule has 182 valence electrons. The van der Waals surface area contributed by atoms with Crippen LogP contribution in [0.1, 0.15) is 40.2 Å². The molecule has 2 aromatic carbocycles. The summed E-state index contributed by atoms with van der Waals surface area (Å²) in [6.45, 7) is 4.04. The summed E-state index contributed by atoms with van der Waals surface area (Å²) < 4.78 is 3.19. The Morgan fingerprint density at radius 1 is 1.00 bits per heavy atom. The van der Waals surface area contributed by atoms with Crippen LogP contribution >= 0.6 is 11.6 Å². The van der Waals surface area contributed by atoms with Gasteiger partial charge in [0.05, 0.1) is 6.54 Å². The van der Waals surface area contributed by atoms with Gasteiger partial charge in [0.15, 0.2) is 0 Å². The average Bonchev–Trinajstić information content (AvgIpc) is 3.24. The quantitative estimate of drug-likeness (QED) is 0.364. The van der Waals surface area contributed by atoms with Crippen LogP contribution in [0.15, 0.2) is 71.5 Å². The fourth-order valence-electron chi connectivity index (χ4n) is 4.11. The average molecular weight is 492 g/mol. The van der Waals surface area contributed by atoms with Gasteiger partial charge in [0.25, 0.3) is 11.5 Å². The van der Waals surface area contributed by atoms with E-state index in [1.165, 1.54) is 4.52 Å². The van der Waals surface area contributed by atoms with Gasteiger partial charge in [0.2, 0.25) is 0 Å². The Kier molecular flexibility index (Phi) is 8.00. The Morgan fingerprint density at radius 2 is 1.71 bits per heavy atom. The standard InChI is InChI=1S/C27H30ClN5O2/c1-20-10-12-22(13-11-20)26(34)31(18-6-16-29)17-5-9-25-30-33-23(14-15-24(33)28)27(35)32(25)19-21-7-3-2-4-8-21/h2-4,7-8,10-15H,5-6,9,16-19,29H2,1H3. The lowest BCUT2D eigenvalue weighted by Gasteiger charge is -2.23. The molecule has 0 unspecified atom stereocenters. The Morgan fingerprint density at radius 3 is 2.43 bits per heavy atom.